The highest BCUT2D eigenvalue weighted by Gasteiger charge is 2.27. The van der Waals surface area contributed by atoms with Crippen LogP contribution in [0.2, 0.25) is 0 Å². The number of alkyl halides is 3. The number of rotatable bonds is 9. The van der Waals surface area contributed by atoms with E-state index >= 15 is 0 Å². The minimum Gasteiger partial charge on any atom is -0.316 e. The van der Waals surface area contributed by atoms with Gasteiger partial charge in [0.25, 0.3) is 0 Å². The molecule has 0 rings (SSSR count). The molecule has 0 saturated heterocycles. The maximum absolute atomic E-state index is 11.7. The molecule has 0 heterocycles. The van der Waals surface area contributed by atoms with Gasteiger partial charge >= 0.3 is 5.51 Å². The average Bonchev–Trinajstić information content (AvgIpc) is 2.14. The van der Waals surface area contributed by atoms with Gasteiger partial charge < -0.3 is 5.32 Å². The molecule has 0 saturated carbocycles. The van der Waals surface area contributed by atoms with Gasteiger partial charge in [0, 0.05) is 12.3 Å². The van der Waals surface area contributed by atoms with E-state index in [1.165, 1.54) is 12.2 Å². The quantitative estimate of drug-likeness (QED) is 0.639. The van der Waals surface area contributed by atoms with Gasteiger partial charge in [0.1, 0.15) is 0 Å². The molecule has 1 nitrogen and oxygen atoms in total. The van der Waals surface area contributed by atoms with Crippen molar-refractivity contribution in [3.63, 3.8) is 0 Å². The summed E-state index contributed by atoms with van der Waals surface area (Å²) in [6.45, 7) is 1.26. The fourth-order valence-electron chi connectivity index (χ4n) is 1.04. The largest absolute Gasteiger partial charge is 0.441 e. The molecule has 0 aromatic carbocycles. The van der Waals surface area contributed by atoms with Crippen LogP contribution in [0, 0.1) is 0 Å². The molecule has 0 atom stereocenters. The molecule has 0 aromatic rings. The normalized spacial score (nSPS) is 12.0. The van der Waals surface area contributed by atoms with E-state index in [0.717, 1.165) is 19.4 Å². The molecule has 0 radical (unpaired) electrons. The van der Waals surface area contributed by atoms with Crippen molar-refractivity contribution in [2.24, 2.45) is 0 Å². The minimum absolute atomic E-state index is 0.0397. The summed E-state index contributed by atoms with van der Waals surface area (Å²) in [6, 6.07) is 0. The van der Waals surface area contributed by atoms with E-state index < -0.39 is 5.51 Å². The first-order valence-electron chi connectivity index (χ1n) is 4.96. The summed E-state index contributed by atoms with van der Waals surface area (Å²) in [6.07, 6.45) is 5.48. The number of unbranched alkanes of at least 4 members (excludes halogenated alkanes) is 2. The summed E-state index contributed by atoms with van der Waals surface area (Å²) in [7, 11) is 0. The predicted octanol–water partition coefficient (Wildman–Crippen LogP) is 3.36. The lowest BCUT2D eigenvalue weighted by Crippen LogP contribution is -2.20. The topological polar surface area (TPSA) is 12.0 Å². The van der Waals surface area contributed by atoms with Crippen LogP contribution in [0.1, 0.15) is 19.3 Å². The second-order valence-electron chi connectivity index (χ2n) is 3.10. The molecule has 1 N–H and O–H groups in total. The molecule has 15 heavy (non-hydrogen) atoms. The van der Waals surface area contributed by atoms with Gasteiger partial charge in [-0.1, -0.05) is 6.42 Å². The Balaban J connectivity index is 2.99. The Morgan fingerprint density at radius 2 is 1.73 bits per heavy atom. The van der Waals surface area contributed by atoms with Crippen LogP contribution in [0.15, 0.2) is 0 Å². The van der Waals surface area contributed by atoms with Crippen molar-refractivity contribution in [1.29, 1.82) is 0 Å². The maximum atomic E-state index is 11.7. The first-order valence-corrected chi connectivity index (χ1v) is 7.34. The summed E-state index contributed by atoms with van der Waals surface area (Å²) in [5, 5.41) is 3.01. The summed E-state index contributed by atoms with van der Waals surface area (Å²) in [4.78, 5) is 0. The van der Waals surface area contributed by atoms with Crippen molar-refractivity contribution < 1.29 is 13.2 Å². The third kappa shape index (κ3) is 14.5. The smallest absolute Gasteiger partial charge is 0.316 e. The van der Waals surface area contributed by atoms with Crippen molar-refractivity contribution in [2.75, 3.05) is 30.9 Å². The van der Waals surface area contributed by atoms with Crippen LogP contribution in [-0.2, 0) is 0 Å². The van der Waals surface area contributed by atoms with E-state index in [1.807, 2.05) is 11.8 Å². The van der Waals surface area contributed by atoms with Crippen LogP contribution in [0.3, 0.4) is 0 Å². The molecular formula is C9H18F3NS2. The average molecular weight is 261 g/mol. The molecule has 0 aliphatic heterocycles. The Morgan fingerprint density at radius 1 is 1.00 bits per heavy atom. The van der Waals surface area contributed by atoms with Crippen molar-refractivity contribution in [2.45, 2.75) is 24.8 Å². The van der Waals surface area contributed by atoms with Gasteiger partial charge in [0.05, 0.1) is 0 Å². The fourth-order valence-corrected chi connectivity index (χ4v) is 2.01. The summed E-state index contributed by atoms with van der Waals surface area (Å²) in [5.41, 5.74) is -4.08. The van der Waals surface area contributed by atoms with E-state index in [4.69, 9.17) is 0 Å². The molecule has 0 fully saturated rings. The fraction of sp³-hybridized carbons (Fsp3) is 1.00. The molecular weight excluding hydrogens is 243 g/mol. The van der Waals surface area contributed by atoms with E-state index in [0.29, 0.717) is 6.54 Å². The lowest BCUT2D eigenvalue weighted by atomic mass is 10.2. The number of hydrogen-bond donors (Lipinski definition) is 1. The van der Waals surface area contributed by atoms with Crippen LogP contribution in [0.5, 0.6) is 0 Å². The second-order valence-corrected chi connectivity index (χ2v) is 5.24. The highest BCUT2D eigenvalue weighted by Crippen LogP contribution is 2.29. The zero-order chi connectivity index (χ0) is 11.6. The van der Waals surface area contributed by atoms with Gasteiger partial charge in [-0.25, -0.2) is 0 Å². The van der Waals surface area contributed by atoms with Crippen LogP contribution in [0.4, 0.5) is 13.2 Å². The highest BCUT2D eigenvalue weighted by atomic mass is 32.2. The molecule has 92 valence electrons. The molecule has 0 aliphatic carbocycles. The Labute approximate surface area is 98.0 Å². The third-order valence-electron chi connectivity index (χ3n) is 1.75. The Morgan fingerprint density at radius 3 is 2.33 bits per heavy atom. The zero-order valence-electron chi connectivity index (χ0n) is 8.90. The molecule has 0 unspecified atom stereocenters. The van der Waals surface area contributed by atoms with Gasteiger partial charge in [0.2, 0.25) is 0 Å². The van der Waals surface area contributed by atoms with E-state index in [1.54, 1.807) is 0 Å². The minimum atomic E-state index is -4.08. The van der Waals surface area contributed by atoms with Gasteiger partial charge in [-0.15, -0.1) is 0 Å². The van der Waals surface area contributed by atoms with Crippen LogP contribution >= 0.6 is 23.5 Å². The van der Waals surface area contributed by atoms with Crippen LogP contribution in [0.25, 0.3) is 0 Å². The van der Waals surface area contributed by atoms with Crippen molar-refractivity contribution >= 4 is 23.5 Å². The summed E-state index contributed by atoms with van der Waals surface area (Å²) < 4.78 is 35.1. The number of halogens is 3. The molecule has 0 bridgehead atoms. The number of nitrogens with one attached hydrogen (secondary N) is 1. The lowest BCUT2D eigenvalue weighted by molar-refractivity contribution is -0.0327. The van der Waals surface area contributed by atoms with Crippen LogP contribution in [-0.4, -0.2) is 36.4 Å². The number of thioether (sulfide) groups is 2. The van der Waals surface area contributed by atoms with Gasteiger partial charge in [0.15, 0.2) is 0 Å². The zero-order valence-corrected chi connectivity index (χ0v) is 10.5. The molecule has 0 aliphatic rings. The van der Waals surface area contributed by atoms with Gasteiger partial charge in [-0.05, 0) is 43.2 Å². The predicted molar refractivity (Wildman–Crippen MR) is 63.6 cm³/mol. The Bertz CT molecular complexity index is 142. The van der Waals surface area contributed by atoms with E-state index in [9.17, 15) is 13.2 Å². The Kier molecular flexibility index (Phi) is 9.95. The molecule has 0 amide bonds. The standard InChI is InChI=1S/C9H18F3NS2/c1-14-7-4-2-3-5-13-6-8-15-9(10,11)12/h13H,2-8H2,1H3. The van der Waals surface area contributed by atoms with Crippen molar-refractivity contribution in [3.8, 4) is 0 Å². The lowest BCUT2D eigenvalue weighted by Gasteiger charge is -2.06. The summed E-state index contributed by atoms with van der Waals surface area (Å²) >= 11 is 1.87. The summed E-state index contributed by atoms with van der Waals surface area (Å²) in [5.74, 6) is 1.28. The van der Waals surface area contributed by atoms with Crippen LogP contribution < -0.4 is 5.32 Å². The van der Waals surface area contributed by atoms with E-state index in [-0.39, 0.29) is 17.5 Å². The first kappa shape index (κ1) is 15.4. The number of hydrogen-bond acceptors (Lipinski definition) is 3. The molecule has 0 aromatic heterocycles. The third-order valence-corrected chi connectivity index (χ3v) is 3.18. The van der Waals surface area contributed by atoms with Gasteiger partial charge in [-0.2, -0.15) is 24.9 Å². The first-order chi connectivity index (χ1) is 7.06. The van der Waals surface area contributed by atoms with Crippen molar-refractivity contribution in [1.82, 2.24) is 5.32 Å². The second kappa shape index (κ2) is 9.66. The van der Waals surface area contributed by atoms with Crippen molar-refractivity contribution in [3.05, 3.63) is 0 Å². The molecule has 6 heteroatoms. The molecule has 0 spiro atoms. The SMILES string of the molecule is CSCCCCCNCCSC(F)(F)F. The maximum Gasteiger partial charge on any atom is 0.441 e. The highest BCUT2D eigenvalue weighted by molar-refractivity contribution is 8.00. The van der Waals surface area contributed by atoms with Gasteiger partial charge in [-0.3, -0.25) is 0 Å². The van der Waals surface area contributed by atoms with E-state index in [2.05, 4.69) is 11.6 Å². The monoisotopic (exact) mass is 261 g/mol. The Hall–Kier alpha value is 0.450.